The molecule has 3 aliphatic rings. The number of hydrogen-bond acceptors (Lipinski definition) is 5. The van der Waals surface area contributed by atoms with Crippen LogP contribution in [0.15, 0.2) is 47.3 Å². The highest BCUT2D eigenvalue weighted by molar-refractivity contribution is 6.07. The summed E-state index contributed by atoms with van der Waals surface area (Å²) >= 11 is 0. The molecule has 3 aromatic rings. The molecule has 33 heavy (non-hydrogen) atoms. The number of carbonyl (C=O) groups excluding carboxylic acids is 1. The Balaban J connectivity index is 1.37. The Morgan fingerprint density at radius 2 is 1.73 bits per heavy atom. The lowest BCUT2D eigenvalue weighted by Crippen LogP contribution is -2.42. The van der Waals surface area contributed by atoms with Crippen LogP contribution >= 0.6 is 0 Å². The summed E-state index contributed by atoms with van der Waals surface area (Å²) in [6, 6.07) is 13.3. The number of likely N-dealkylation sites (tertiary alicyclic amines) is 2. The fourth-order valence-electron chi connectivity index (χ4n) is 5.40. The number of fused-ring (bicyclic) bond motifs is 2. The lowest BCUT2D eigenvalue weighted by atomic mass is 9.99. The van der Waals surface area contributed by atoms with E-state index in [0.29, 0.717) is 16.8 Å². The summed E-state index contributed by atoms with van der Waals surface area (Å²) in [6.45, 7) is 4.13. The van der Waals surface area contributed by atoms with E-state index in [1.165, 1.54) is 18.9 Å². The summed E-state index contributed by atoms with van der Waals surface area (Å²) < 4.78 is 10.9. The van der Waals surface area contributed by atoms with Crippen molar-refractivity contribution < 1.29 is 14.3 Å². The predicted octanol–water partition coefficient (Wildman–Crippen LogP) is 3.62. The van der Waals surface area contributed by atoms with Gasteiger partial charge in [-0.3, -0.25) is 9.59 Å². The topological polar surface area (TPSA) is 74.9 Å². The van der Waals surface area contributed by atoms with Gasteiger partial charge >= 0.3 is 0 Å². The van der Waals surface area contributed by atoms with Crippen LogP contribution in [0.3, 0.4) is 0 Å². The van der Waals surface area contributed by atoms with Crippen molar-refractivity contribution in [2.75, 3.05) is 33.0 Å². The number of nitrogens with zero attached hydrogens (tertiary/aromatic N) is 2. The van der Waals surface area contributed by atoms with Crippen LogP contribution in [-0.2, 0) is 0 Å². The van der Waals surface area contributed by atoms with E-state index in [9.17, 15) is 9.59 Å². The summed E-state index contributed by atoms with van der Waals surface area (Å²) in [4.78, 5) is 33.5. The molecule has 1 atom stereocenters. The molecule has 3 aliphatic heterocycles. The zero-order valence-electron chi connectivity index (χ0n) is 18.5. The maximum Gasteiger partial charge on any atom is 0.255 e. The minimum atomic E-state index is -0.253. The minimum absolute atomic E-state index is 0.0457. The molecule has 2 fully saturated rings. The zero-order chi connectivity index (χ0) is 22.4. The molecule has 0 spiro atoms. The van der Waals surface area contributed by atoms with Crippen molar-refractivity contribution in [1.82, 2.24) is 14.8 Å². The second-order valence-corrected chi connectivity index (χ2v) is 9.18. The third-order valence-corrected chi connectivity index (χ3v) is 7.08. The van der Waals surface area contributed by atoms with E-state index in [1.807, 2.05) is 41.3 Å². The molecule has 0 bridgehead atoms. The number of aromatic amines is 1. The number of carbonyl (C=O) groups is 1. The predicted molar refractivity (Wildman–Crippen MR) is 126 cm³/mol. The Bertz CT molecular complexity index is 1280. The van der Waals surface area contributed by atoms with Gasteiger partial charge in [-0.05, 0) is 74.2 Å². The number of rotatable bonds is 4. The van der Waals surface area contributed by atoms with Gasteiger partial charge in [-0.25, -0.2) is 0 Å². The molecule has 170 valence electrons. The quantitative estimate of drug-likeness (QED) is 0.664. The molecule has 0 radical (unpaired) electrons. The van der Waals surface area contributed by atoms with Crippen molar-refractivity contribution in [1.29, 1.82) is 0 Å². The van der Waals surface area contributed by atoms with Crippen molar-refractivity contribution in [3.8, 4) is 22.6 Å². The van der Waals surface area contributed by atoms with Gasteiger partial charge in [-0.15, -0.1) is 0 Å². The van der Waals surface area contributed by atoms with E-state index >= 15 is 0 Å². The molecule has 7 heteroatoms. The number of H-pyrrole nitrogens is 1. The van der Waals surface area contributed by atoms with Gasteiger partial charge < -0.3 is 24.3 Å². The number of hydrogen-bond donors (Lipinski definition) is 1. The first-order chi connectivity index (χ1) is 16.2. The smallest absolute Gasteiger partial charge is 0.255 e. The summed E-state index contributed by atoms with van der Waals surface area (Å²) in [5.41, 5.74) is 2.82. The van der Waals surface area contributed by atoms with Crippen molar-refractivity contribution in [2.45, 2.75) is 31.7 Å². The molecule has 2 aromatic carbocycles. The summed E-state index contributed by atoms with van der Waals surface area (Å²) in [6.07, 6.45) is 4.50. The Morgan fingerprint density at radius 3 is 2.61 bits per heavy atom. The first kappa shape index (κ1) is 20.3. The van der Waals surface area contributed by atoms with Gasteiger partial charge in [0.1, 0.15) is 0 Å². The number of aromatic nitrogens is 1. The standard InChI is InChI=1S/C26H27N3O4/c30-25-14-21(26(31)29-11-3-4-19(29)15-28-9-1-2-10-28)20-12-17(5-7-22(20)27-25)18-6-8-23-24(13-18)33-16-32-23/h5-8,12-14,19H,1-4,9-11,15-16H2,(H,27,30)/t19-/m0/s1. The molecule has 6 rings (SSSR count). The number of pyridine rings is 1. The monoisotopic (exact) mass is 445 g/mol. The van der Waals surface area contributed by atoms with Crippen molar-refractivity contribution in [3.63, 3.8) is 0 Å². The number of amides is 1. The second kappa shape index (κ2) is 8.23. The largest absolute Gasteiger partial charge is 0.454 e. The first-order valence-corrected chi connectivity index (χ1v) is 11.8. The van der Waals surface area contributed by atoms with E-state index in [0.717, 1.165) is 61.3 Å². The van der Waals surface area contributed by atoms with Gasteiger partial charge in [0, 0.05) is 36.1 Å². The lowest BCUT2D eigenvalue weighted by Gasteiger charge is -2.29. The van der Waals surface area contributed by atoms with E-state index in [2.05, 4.69) is 9.88 Å². The normalized spacial score (nSPS) is 20.1. The Morgan fingerprint density at radius 1 is 0.939 bits per heavy atom. The van der Waals surface area contributed by atoms with Crippen LogP contribution in [-0.4, -0.2) is 59.7 Å². The van der Waals surface area contributed by atoms with Gasteiger partial charge in [0.05, 0.1) is 5.56 Å². The number of benzene rings is 2. The molecule has 4 heterocycles. The summed E-state index contributed by atoms with van der Waals surface area (Å²) in [5.74, 6) is 1.40. The van der Waals surface area contributed by atoms with Crippen LogP contribution in [0, 0.1) is 0 Å². The van der Waals surface area contributed by atoms with E-state index in [4.69, 9.17) is 9.47 Å². The number of nitrogens with one attached hydrogen (secondary N) is 1. The fraction of sp³-hybridized carbons (Fsp3) is 0.385. The van der Waals surface area contributed by atoms with E-state index in [1.54, 1.807) is 0 Å². The van der Waals surface area contributed by atoms with Gasteiger partial charge in [0.15, 0.2) is 11.5 Å². The highest BCUT2D eigenvalue weighted by atomic mass is 16.7. The molecule has 2 saturated heterocycles. The first-order valence-electron chi connectivity index (χ1n) is 11.8. The van der Waals surface area contributed by atoms with Crippen LogP contribution < -0.4 is 15.0 Å². The van der Waals surface area contributed by atoms with Gasteiger partial charge in [-0.1, -0.05) is 12.1 Å². The Kier molecular flexibility index (Phi) is 5.06. The van der Waals surface area contributed by atoms with Crippen LogP contribution in [0.1, 0.15) is 36.0 Å². The van der Waals surface area contributed by atoms with Crippen molar-refractivity contribution >= 4 is 16.8 Å². The summed E-state index contributed by atoms with van der Waals surface area (Å²) in [5, 5.41) is 0.765. The zero-order valence-corrected chi connectivity index (χ0v) is 18.5. The second-order valence-electron chi connectivity index (χ2n) is 9.18. The molecule has 1 aromatic heterocycles. The average molecular weight is 446 g/mol. The Labute approximate surface area is 191 Å². The van der Waals surface area contributed by atoms with Crippen LogP contribution in [0.4, 0.5) is 0 Å². The molecule has 1 amide bonds. The average Bonchev–Trinajstić information content (AvgIpc) is 3.59. The highest BCUT2D eigenvalue weighted by Crippen LogP contribution is 2.37. The SMILES string of the molecule is O=C(c1cc(=O)[nH]c2ccc(-c3ccc4c(c3)OCO4)cc12)N1CCC[C@H]1CN1CCCC1. The van der Waals surface area contributed by atoms with Crippen molar-refractivity contribution in [2.24, 2.45) is 0 Å². The van der Waals surface area contributed by atoms with Crippen LogP contribution in [0.25, 0.3) is 22.0 Å². The van der Waals surface area contributed by atoms with Gasteiger partial charge in [-0.2, -0.15) is 0 Å². The van der Waals surface area contributed by atoms with E-state index < -0.39 is 0 Å². The summed E-state index contributed by atoms with van der Waals surface area (Å²) in [7, 11) is 0. The van der Waals surface area contributed by atoms with Crippen molar-refractivity contribution in [3.05, 3.63) is 58.4 Å². The van der Waals surface area contributed by atoms with Crippen LogP contribution in [0.2, 0.25) is 0 Å². The third-order valence-electron chi connectivity index (χ3n) is 7.08. The molecule has 0 aliphatic carbocycles. The van der Waals surface area contributed by atoms with Gasteiger partial charge in [0.2, 0.25) is 12.4 Å². The molecular weight excluding hydrogens is 418 g/mol. The van der Waals surface area contributed by atoms with Gasteiger partial charge in [0.25, 0.3) is 5.91 Å². The maximum absolute atomic E-state index is 13.7. The molecule has 0 saturated carbocycles. The molecule has 7 nitrogen and oxygen atoms in total. The highest BCUT2D eigenvalue weighted by Gasteiger charge is 2.32. The third kappa shape index (κ3) is 3.76. The molecule has 1 N–H and O–H groups in total. The number of ether oxygens (including phenoxy) is 2. The maximum atomic E-state index is 13.7. The van der Waals surface area contributed by atoms with Crippen LogP contribution in [0.5, 0.6) is 11.5 Å². The fourth-order valence-corrected chi connectivity index (χ4v) is 5.40. The molecular formula is C26H27N3O4. The molecule has 0 unspecified atom stereocenters. The van der Waals surface area contributed by atoms with E-state index in [-0.39, 0.29) is 24.3 Å². The minimum Gasteiger partial charge on any atom is -0.454 e. The lowest BCUT2D eigenvalue weighted by molar-refractivity contribution is 0.0710. The Hall–Kier alpha value is -3.32.